The number of nitrogens with zero attached hydrogens (tertiary/aromatic N) is 2. The molecule has 0 amide bonds. The van der Waals surface area contributed by atoms with Gasteiger partial charge >= 0.3 is 0 Å². The minimum atomic E-state index is 0.0903. The van der Waals surface area contributed by atoms with Crippen LogP contribution in [0.5, 0.6) is 0 Å². The summed E-state index contributed by atoms with van der Waals surface area (Å²) in [4.78, 5) is 8.17. The minimum Gasteiger partial charge on any atom is -0.381 e. The molecule has 104 valence electrons. The molecule has 1 aliphatic heterocycles. The van der Waals surface area contributed by atoms with E-state index in [9.17, 15) is 0 Å². The highest BCUT2D eigenvalue weighted by Gasteiger charge is 2.45. The van der Waals surface area contributed by atoms with E-state index in [1.807, 2.05) is 7.11 Å². The van der Waals surface area contributed by atoms with Crippen LogP contribution < -0.4 is 5.73 Å². The highest BCUT2D eigenvalue weighted by Crippen LogP contribution is 2.39. The van der Waals surface area contributed by atoms with Crippen LogP contribution in [0.2, 0.25) is 0 Å². The number of hydrogen-bond donors (Lipinski definition) is 1. The van der Waals surface area contributed by atoms with Crippen LogP contribution in [-0.4, -0.2) is 36.2 Å². The number of methoxy groups -OCH3 is 1. The maximum absolute atomic E-state index is 6.13. The molecule has 0 saturated heterocycles. The van der Waals surface area contributed by atoms with Crippen molar-refractivity contribution in [2.75, 3.05) is 13.7 Å². The Morgan fingerprint density at radius 3 is 3.26 bits per heavy atom. The van der Waals surface area contributed by atoms with Crippen molar-refractivity contribution in [1.29, 1.82) is 0 Å². The van der Waals surface area contributed by atoms with Gasteiger partial charge in [0, 0.05) is 12.0 Å². The molecule has 19 heavy (non-hydrogen) atoms. The summed E-state index contributed by atoms with van der Waals surface area (Å²) < 4.78 is 5.58. The Kier molecular flexibility index (Phi) is 3.50. The molecule has 5 heteroatoms. The van der Waals surface area contributed by atoms with Crippen molar-refractivity contribution in [1.82, 2.24) is 4.90 Å². The molecule has 2 aliphatic rings. The van der Waals surface area contributed by atoms with Crippen LogP contribution in [0.15, 0.2) is 22.5 Å². The average molecular weight is 279 g/mol. The Morgan fingerprint density at radius 2 is 2.53 bits per heavy atom. The lowest BCUT2D eigenvalue weighted by Crippen LogP contribution is -2.54. The fourth-order valence-electron chi connectivity index (χ4n) is 3.33. The Labute approximate surface area is 118 Å². The second-order valence-electron chi connectivity index (χ2n) is 5.52. The lowest BCUT2D eigenvalue weighted by atomic mass is 9.79. The summed E-state index contributed by atoms with van der Waals surface area (Å²) in [5, 5.41) is 2.12. The summed E-state index contributed by atoms with van der Waals surface area (Å²) in [7, 11) is 1.81. The second-order valence-corrected chi connectivity index (χ2v) is 6.55. The Bertz CT molecular complexity index is 459. The van der Waals surface area contributed by atoms with E-state index in [0.717, 1.165) is 25.9 Å². The van der Waals surface area contributed by atoms with Gasteiger partial charge in [-0.05, 0) is 37.1 Å². The third kappa shape index (κ3) is 2.37. The number of thiophene rings is 1. The maximum atomic E-state index is 6.13. The molecule has 1 fully saturated rings. The van der Waals surface area contributed by atoms with Crippen LogP contribution in [0.1, 0.15) is 30.6 Å². The van der Waals surface area contributed by atoms with Crippen LogP contribution in [0.4, 0.5) is 0 Å². The van der Waals surface area contributed by atoms with Gasteiger partial charge in [0.1, 0.15) is 0 Å². The van der Waals surface area contributed by atoms with Crippen LogP contribution in [0, 0.1) is 0 Å². The highest BCUT2D eigenvalue weighted by atomic mass is 32.1. The van der Waals surface area contributed by atoms with Crippen molar-refractivity contribution in [2.45, 2.75) is 43.9 Å². The van der Waals surface area contributed by atoms with E-state index in [1.165, 1.54) is 17.7 Å². The van der Waals surface area contributed by atoms with E-state index in [0.29, 0.717) is 12.1 Å². The molecule has 0 bridgehead atoms. The van der Waals surface area contributed by atoms with Gasteiger partial charge in [0.15, 0.2) is 5.96 Å². The van der Waals surface area contributed by atoms with Gasteiger partial charge in [0.05, 0.1) is 24.7 Å². The SMILES string of the molecule is COC1CCCC2(CN=C(N)N2Cc2cccs2)C1. The number of aliphatic imine (C=N–C) groups is 1. The van der Waals surface area contributed by atoms with Crippen LogP contribution in [-0.2, 0) is 11.3 Å². The van der Waals surface area contributed by atoms with E-state index in [2.05, 4.69) is 27.4 Å². The summed E-state index contributed by atoms with van der Waals surface area (Å²) in [5.74, 6) is 0.699. The predicted molar refractivity (Wildman–Crippen MR) is 78.3 cm³/mol. The molecule has 1 saturated carbocycles. The second kappa shape index (κ2) is 5.13. The maximum Gasteiger partial charge on any atom is 0.192 e. The number of hydrogen-bond acceptors (Lipinski definition) is 5. The predicted octanol–water partition coefficient (Wildman–Crippen LogP) is 2.21. The van der Waals surface area contributed by atoms with E-state index >= 15 is 0 Å². The summed E-state index contributed by atoms with van der Waals surface area (Å²) in [5.41, 5.74) is 6.22. The monoisotopic (exact) mass is 279 g/mol. The molecule has 1 aromatic heterocycles. The van der Waals surface area contributed by atoms with E-state index < -0.39 is 0 Å². The fourth-order valence-corrected chi connectivity index (χ4v) is 4.02. The zero-order valence-corrected chi connectivity index (χ0v) is 12.2. The van der Waals surface area contributed by atoms with Gasteiger partial charge < -0.3 is 15.4 Å². The van der Waals surface area contributed by atoms with Crippen molar-refractivity contribution in [3.05, 3.63) is 22.4 Å². The number of nitrogens with two attached hydrogens (primary N) is 1. The molecule has 1 aromatic rings. The largest absolute Gasteiger partial charge is 0.381 e. The molecule has 3 rings (SSSR count). The highest BCUT2D eigenvalue weighted by molar-refractivity contribution is 7.09. The zero-order chi connectivity index (χ0) is 13.3. The van der Waals surface area contributed by atoms with Crippen molar-refractivity contribution >= 4 is 17.3 Å². The molecule has 0 radical (unpaired) electrons. The van der Waals surface area contributed by atoms with Crippen molar-refractivity contribution in [2.24, 2.45) is 10.7 Å². The van der Waals surface area contributed by atoms with Gasteiger partial charge in [-0.2, -0.15) is 0 Å². The Balaban J connectivity index is 1.80. The van der Waals surface area contributed by atoms with Gasteiger partial charge in [-0.15, -0.1) is 11.3 Å². The number of rotatable bonds is 3. The molecule has 4 nitrogen and oxygen atoms in total. The first-order valence-electron chi connectivity index (χ1n) is 6.86. The van der Waals surface area contributed by atoms with Gasteiger partial charge in [0.2, 0.25) is 0 Å². The smallest absolute Gasteiger partial charge is 0.192 e. The van der Waals surface area contributed by atoms with Crippen molar-refractivity contribution in [3.8, 4) is 0 Å². The van der Waals surface area contributed by atoms with E-state index in [1.54, 1.807) is 11.3 Å². The zero-order valence-electron chi connectivity index (χ0n) is 11.3. The van der Waals surface area contributed by atoms with E-state index in [4.69, 9.17) is 10.5 Å². The minimum absolute atomic E-state index is 0.0903. The summed E-state index contributed by atoms with van der Waals surface area (Å²) >= 11 is 1.78. The first-order chi connectivity index (χ1) is 9.23. The molecule has 2 heterocycles. The summed E-state index contributed by atoms with van der Waals surface area (Å²) in [6.07, 6.45) is 4.91. The molecule has 2 unspecified atom stereocenters. The molecule has 1 aliphatic carbocycles. The molecule has 2 N–H and O–H groups in total. The first-order valence-corrected chi connectivity index (χ1v) is 7.74. The summed E-state index contributed by atoms with van der Waals surface area (Å²) in [6, 6.07) is 4.26. The topological polar surface area (TPSA) is 50.9 Å². The lowest BCUT2D eigenvalue weighted by Gasteiger charge is -2.44. The first kappa shape index (κ1) is 12.9. The Morgan fingerprint density at radius 1 is 1.63 bits per heavy atom. The normalized spacial score (nSPS) is 30.9. The molecule has 2 atom stereocenters. The van der Waals surface area contributed by atoms with Gasteiger partial charge in [-0.25, -0.2) is 0 Å². The van der Waals surface area contributed by atoms with Gasteiger partial charge in [0.25, 0.3) is 0 Å². The number of guanidine groups is 1. The third-order valence-corrected chi connectivity index (χ3v) is 5.25. The quantitative estimate of drug-likeness (QED) is 0.923. The van der Waals surface area contributed by atoms with Crippen LogP contribution in [0.25, 0.3) is 0 Å². The summed E-state index contributed by atoms with van der Waals surface area (Å²) in [6.45, 7) is 1.70. The standard InChI is InChI=1S/C14H21N3OS/c1-18-11-4-2-6-14(8-11)10-16-13(15)17(14)9-12-5-3-7-19-12/h3,5,7,11H,2,4,6,8-10H2,1H3,(H2,15,16). The third-order valence-electron chi connectivity index (χ3n) is 4.39. The molecule has 1 spiro atoms. The molecular weight excluding hydrogens is 258 g/mol. The lowest BCUT2D eigenvalue weighted by molar-refractivity contribution is 0.00745. The van der Waals surface area contributed by atoms with Gasteiger partial charge in [-0.3, -0.25) is 4.99 Å². The van der Waals surface area contributed by atoms with Crippen molar-refractivity contribution in [3.63, 3.8) is 0 Å². The molecular formula is C14H21N3OS. The van der Waals surface area contributed by atoms with Crippen molar-refractivity contribution < 1.29 is 4.74 Å². The van der Waals surface area contributed by atoms with Gasteiger partial charge in [-0.1, -0.05) is 6.07 Å². The van der Waals surface area contributed by atoms with Crippen LogP contribution >= 0.6 is 11.3 Å². The molecule has 0 aromatic carbocycles. The number of ether oxygens (including phenoxy) is 1. The fraction of sp³-hybridized carbons (Fsp3) is 0.643. The average Bonchev–Trinajstić information content (AvgIpc) is 3.04. The Hall–Kier alpha value is -1.07. The van der Waals surface area contributed by atoms with Crippen LogP contribution in [0.3, 0.4) is 0 Å². The van der Waals surface area contributed by atoms with E-state index in [-0.39, 0.29) is 5.54 Å².